The van der Waals surface area contributed by atoms with E-state index in [0.29, 0.717) is 18.6 Å². The molecule has 1 aromatic heterocycles. The van der Waals surface area contributed by atoms with Gasteiger partial charge in [-0.05, 0) is 19.4 Å². The van der Waals surface area contributed by atoms with Crippen molar-refractivity contribution in [3.63, 3.8) is 0 Å². The molecule has 0 bridgehead atoms. The van der Waals surface area contributed by atoms with Crippen molar-refractivity contribution < 1.29 is 14.4 Å². The molecule has 0 spiro atoms. The van der Waals surface area contributed by atoms with E-state index in [1.165, 1.54) is 7.11 Å². The molecule has 0 aromatic carbocycles. The summed E-state index contributed by atoms with van der Waals surface area (Å²) in [5.41, 5.74) is 3.50. The highest BCUT2D eigenvalue weighted by Gasteiger charge is 2.21. The lowest BCUT2D eigenvalue weighted by atomic mass is 10.1. The molecule has 16 heavy (non-hydrogen) atoms. The fraction of sp³-hybridized carbons (Fsp3) is 0.545. The SMILES string of the molecule is COC(=O)c1c(CCON)c(C)n(C)c1C. The molecular formula is C11H18N2O3. The van der Waals surface area contributed by atoms with Crippen LogP contribution in [-0.4, -0.2) is 24.3 Å². The summed E-state index contributed by atoms with van der Waals surface area (Å²) in [6.45, 7) is 4.24. The van der Waals surface area contributed by atoms with Gasteiger partial charge in [-0.25, -0.2) is 10.7 Å². The summed E-state index contributed by atoms with van der Waals surface area (Å²) in [6.07, 6.45) is 0.606. The number of hydrogen-bond donors (Lipinski definition) is 1. The Morgan fingerprint density at radius 2 is 2.00 bits per heavy atom. The van der Waals surface area contributed by atoms with Crippen LogP contribution in [-0.2, 0) is 23.0 Å². The number of carbonyl (C=O) groups is 1. The number of carbonyl (C=O) groups excluding carboxylic acids is 1. The van der Waals surface area contributed by atoms with E-state index in [1.54, 1.807) is 0 Å². The van der Waals surface area contributed by atoms with Gasteiger partial charge in [0.2, 0.25) is 0 Å². The largest absolute Gasteiger partial charge is 0.465 e. The smallest absolute Gasteiger partial charge is 0.339 e. The number of ether oxygens (including phenoxy) is 1. The minimum Gasteiger partial charge on any atom is -0.465 e. The minimum absolute atomic E-state index is 0.312. The second-order valence-corrected chi connectivity index (χ2v) is 3.70. The first-order chi connectivity index (χ1) is 7.54. The van der Waals surface area contributed by atoms with Gasteiger partial charge in [0, 0.05) is 24.9 Å². The molecule has 0 aliphatic heterocycles. The predicted octanol–water partition coefficient (Wildman–Crippen LogP) is 0.861. The van der Waals surface area contributed by atoms with Gasteiger partial charge < -0.3 is 14.1 Å². The molecule has 0 unspecified atom stereocenters. The van der Waals surface area contributed by atoms with Gasteiger partial charge in [-0.1, -0.05) is 0 Å². The van der Waals surface area contributed by atoms with E-state index in [2.05, 4.69) is 4.84 Å². The van der Waals surface area contributed by atoms with Crippen LogP contribution >= 0.6 is 0 Å². The summed E-state index contributed by atoms with van der Waals surface area (Å²) in [6, 6.07) is 0. The zero-order valence-corrected chi connectivity index (χ0v) is 10.2. The third kappa shape index (κ3) is 2.10. The number of aromatic nitrogens is 1. The topological polar surface area (TPSA) is 66.5 Å². The molecule has 0 amide bonds. The number of nitrogens with two attached hydrogens (primary N) is 1. The molecule has 0 fully saturated rings. The average molecular weight is 226 g/mol. The van der Waals surface area contributed by atoms with Crippen molar-refractivity contribution in [2.75, 3.05) is 13.7 Å². The summed E-state index contributed by atoms with van der Waals surface area (Å²) in [5, 5.41) is 0. The molecular weight excluding hydrogens is 208 g/mol. The quantitative estimate of drug-likeness (QED) is 0.611. The van der Waals surface area contributed by atoms with Crippen LogP contribution in [0.25, 0.3) is 0 Å². The van der Waals surface area contributed by atoms with Gasteiger partial charge in [0.15, 0.2) is 0 Å². The van der Waals surface area contributed by atoms with E-state index in [9.17, 15) is 4.79 Å². The Balaban J connectivity index is 3.22. The Hall–Kier alpha value is -1.33. The van der Waals surface area contributed by atoms with Gasteiger partial charge >= 0.3 is 5.97 Å². The standard InChI is InChI=1S/C11H18N2O3/c1-7-9(5-6-16-12)10(11(14)15-4)8(2)13(7)3/h5-6,12H2,1-4H3. The molecule has 0 saturated carbocycles. The maximum atomic E-state index is 11.7. The van der Waals surface area contributed by atoms with E-state index in [-0.39, 0.29) is 5.97 Å². The van der Waals surface area contributed by atoms with E-state index >= 15 is 0 Å². The van der Waals surface area contributed by atoms with Crippen molar-refractivity contribution in [1.29, 1.82) is 0 Å². The summed E-state index contributed by atoms with van der Waals surface area (Å²) in [5.74, 6) is 4.70. The van der Waals surface area contributed by atoms with E-state index < -0.39 is 0 Å². The van der Waals surface area contributed by atoms with Gasteiger partial charge in [-0.2, -0.15) is 0 Å². The van der Waals surface area contributed by atoms with Crippen LogP contribution in [0, 0.1) is 13.8 Å². The molecule has 0 saturated heterocycles. The molecule has 1 rings (SSSR count). The van der Waals surface area contributed by atoms with Crippen molar-refractivity contribution in [2.45, 2.75) is 20.3 Å². The van der Waals surface area contributed by atoms with E-state index in [4.69, 9.17) is 10.6 Å². The monoisotopic (exact) mass is 226 g/mol. The molecule has 1 heterocycles. The van der Waals surface area contributed by atoms with Crippen LogP contribution in [0.4, 0.5) is 0 Å². The van der Waals surface area contributed by atoms with Crippen molar-refractivity contribution in [3.05, 3.63) is 22.5 Å². The maximum absolute atomic E-state index is 11.7. The zero-order valence-electron chi connectivity index (χ0n) is 10.2. The van der Waals surface area contributed by atoms with Crippen molar-refractivity contribution in [1.82, 2.24) is 4.57 Å². The summed E-state index contributed by atoms with van der Waals surface area (Å²) in [7, 11) is 3.30. The number of nitrogens with zero attached hydrogens (tertiary/aromatic N) is 1. The summed E-state index contributed by atoms with van der Waals surface area (Å²) < 4.78 is 6.75. The first-order valence-corrected chi connectivity index (χ1v) is 5.09. The first kappa shape index (κ1) is 12.7. The molecule has 1 aromatic rings. The molecule has 0 radical (unpaired) electrons. The maximum Gasteiger partial charge on any atom is 0.339 e. The highest BCUT2D eigenvalue weighted by Crippen LogP contribution is 2.22. The average Bonchev–Trinajstić information content (AvgIpc) is 2.50. The molecule has 0 atom stereocenters. The molecule has 2 N–H and O–H groups in total. The van der Waals surface area contributed by atoms with Crippen molar-refractivity contribution in [3.8, 4) is 0 Å². The number of hydrogen-bond acceptors (Lipinski definition) is 4. The number of rotatable bonds is 4. The lowest BCUT2D eigenvalue weighted by Gasteiger charge is -2.03. The highest BCUT2D eigenvalue weighted by atomic mass is 16.6. The van der Waals surface area contributed by atoms with Gasteiger partial charge in [0.1, 0.15) is 0 Å². The van der Waals surface area contributed by atoms with Crippen LogP contribution < -0.4 is 5.90 Å². The van der Waals surface area contributed by atoms with Gasteiger partial charge in [0.05, 0.1) is 19.3 Å². The Morgan fingerprint density at radius 3 is 2.50 bits per heavy atom. The molecule has 0 aliphatic carbocycles. The van der Waals surface area contributed by atoms with Crippen LogP contribution in [0.15, 0.2) is 0 Å². The Labute approximate surface area is 95.1 Å². The van der Waals surface area contributed by atoms with Crippen molar-refractivity contribution in [2.24, 2.45) is 12.9 Å². The fourth-order valence-electron chi connectivity index (χ4n) is 1.86. The third-order valence-electron chi connectivity index (χ3n) is 2.97. The Kier molecular flexibility index (Phi) is 4.09. The molecule has 5 heteroatoms. The Bertz CT molecular complexity index is 396. The predicted molar refractivity (Wildman–Crippen MR) is 60.1 cm³/mol. The second kappa shape index (κ2) is 5.14. The van der Waals surface area contributed by atoms with Crippen LogP contribution in [0.3, 0.4) is 0 Å². The van der Waals surface area contributed by atoms with Gasteiger partial charge in [0.25, 0.3) is 0 Å². The fourth-order valence-corrected chi connectivity index (χ4v) is 1.86. The molecule has 90 valence electrons. The number of esters is 1. The van der Waals surface area contributed by atoms with E-state index in [1.807, 2.05) is 25.5 Å². The first-order valence-electron chi connectivity index (χ1n) is 5.09. The lowest BCUT2D eigenvalue weighted by Crippen LogP contribution is -2.09. The number of methoxy groups -OCH3 is 1. The highest BCUT2D eigenvalue weighted by molar-refractivity contribution is 5.93. The third-order valence-corrected chi connectivity index (χ3v) is 2.97. The van der Waals surface area contributed by atoms with Crippen molar-refractivity contribution >= 4 is 5.97 Å². The normalized spacial score (nSPS) is 10.6. The van der Waals surface area contributed by atoms with Crippen LogP contribution in [0.2, 0.25) is 0 Å². The second-order valence-electron chi connectivity index (χ2n) is 3.70. The minimum atomic E-state index is -0.312. The summed E-state index contributed by atoms with van der Waals surface area (Å²) in [4.78, 5) is 16.2. The van der Waals surface area contributed by atoms with Gasteiger partial charge in [-0.3, -0.25) is 0 Å². The molecule has 5 nitrogen and oxygen atoms in total. The zero-order chi connectivity index (χ0) is 12.3. The molecule has 0 aliphatic rings. The van der Waals surface area contributed by atoms with Crippen LogP contribution in [0.1, 0.15) is 27.3 Å². The van der Waals surface area contributed by atoms with E-state index in [0.717, 1.165) is 17.0 Å². The lowest BCUT2D eigenvalue weighted by molar-refractivity contribution is 0.0598. The summed E-state index contributed by atoms with van der Waals surface area (Å²) >= 11 is 0. The Morgan fingerprint density at radius 1 is 1.38 bits per heavy atom. The van der Waals surface area contributed by atoms with Gasteiger partial charge in [-0.15, -0.1) is 0 Å². The van der Waals surface area contributed by atoms with Crippen LogP contribution in [0.5, 0.6) is 0 Å².